The molecule has 7 nitrogen and oxygen atoms in total. The number of amides is 1. The molecular weight excluding hydrogens is 352 g/mol. The Balaban J connectivity index is 1.29. The van der Waals surface area contributed by atoms with Crippen molar-refractivity contribution in [3.8, 4) is 6.07 Å². The van der Waals surface area contributed by atoms with E-state index in [0.717, 1.165) is 37.1 Å². The number of aromatic nitrogens is 3. The predicted molar refractivity (Wildman–Crippen MR) is 102 cm³/mol. The van der Waals surface area contributed by atoms with E-state index < -0.39 is 0 Å². The molecule has 0 N–H and O–H groups in total. The lowest BCUT2D eigenvalue weighted by Gasteiger charge is -2.38. The molecule has 2 atom stereocenters. The molecule has 2 aromatic rings. The molecule has 0 spiro atoms. The highest BCUT2D eigenvalue weighted by Gasteiger charge is 2.59. The van der Waals surface area contributed by atoms with Gasteiger partial charge in [0.2, 0.25) is 5.91 Å². The molecule has 1 unspecified atom stereocenters. The van der Waals surface area contributed by atoms with Crippen molar-refractivity contribution in [1.29, 1.82) is 5.26 Å². The summed E-state index contributed by atoms with van der Waals surface area (Å²) in [6, 6.07) is 6.06. The molecule has 7 heteroatoms. The Morgan fingerprint density at radius 1 is 1.32 bits per heavy atom. The molecular formula is C21H22N6O. The van der Waals surface area contributed by atoms with E-state index in [9.17, 15) is 4.79 Å². The molecule has 142 valence electrons. The Labute approximate surface area is 163 Å². The lowest BCUT2D eigenvalue weighted by molar-refractivity contribution is -0.138. The first-order chi connectivity index (χ1) is 13.6. The van der Waals surface area contributed by atoms with Crippen LogP contribution in [-0.4, -0.2) is 31.9 Å². The van der Waals surface area contributed by atoms with Crippen LogP contribution in [0, 0.1) is 35.5 Å². The lowest BCUT2D eigenvalue weighted by atomic mass is 9.69. The number of aryl methyl sites for hydroxylation is 1. The second-order valence-corrected chi connectivity index (χ2v) is 8.51. The normalized spacial score (nSPS) is 30.3. The fraction of sp³-hybridized carbons (Fsp3) is 0.476. The van der Waals surface area contributed by atoms with E-state index in [1.54, 1.807) is 17.4 Å². The summed E-state index contributed by atoms with van der Waals surface area (Å²) in [7, 11) is 0. The highest BCUT2D eigenvalue weighted by molar-refractivity contribution is 5.83. The van der Waals surface area contributed by atoms with Crippen LogP contribution < -0.4 is 0 Å². The monoisotopic (exact) mass is 374 g/mol. The van der Waals surface area contributed by atoms with Crippen molar-refractivity contribution >= 4 is 12.1 Å². The first kappa shape index (κ1) is 17.1. The molecule has 2 bridgehead atoms. The number of pyridine rings is 1. The van der Waals surface area contributed by atoms with Crippen LogP contribution in [0.2, 0.25) is 0 Å². The maximum Gasteiger partial charge on any atom is 0.246 e. The van der Waals surface area contributed by atoms with Crippen LogP contribution >= 0.6 is 0 Å². The van der Waals surface area contributed by atoms with E-state index >= 15 is 0 Å². The van der Waals surface area contributed by atoms with Crippen LogP contribution in [0.5, 0.6) is 0 Å². The van der Waals surface area contributed by atoms with Crippen molar-refractivity contribution in [2.75, 3.05) is 0 Å². The summed E-state index contributed by atoms with van der Waals surface area (Å²) in [5.41, 5.74) is 2.72. The number of hydrogen-bond acceptors (Lipinski definition) is 5. The fourth-order valence-electron chi connectivity index (χ4n) is 5.19. The van der Waals surface area contributed by atoms with E-state index in [0.29, 0.717) is 17.9 Å². The Morgan fingerprint density at radius 2 is 2.18 bits per heavy atom. The molecule has 4 aliphatic rings. The van der Waals surface area contributed by atoms with Gasteiger partial charge in [0.25, 0.3) is 0 Å². The maximum atomic E-state index is 13.3. The number of hydrazone groups is 1. The highest BCUT2D eigenvalue weighted by atomic mass is 16.2. The number of hydrogen-bond donors (Lipinski definition) is 0. The van der Waals surface area contributed by atoms with E-state index in [2.05, 4.69) is 21.3 Å². The molecule has 3 fully saturated rings. The van der Waals surface area contributed by atoms with Crippen LogP contribution in [-0.2, 0) is 11.3 Å². The third-order valence-corrected chi connectivity index (χ3v) is 6.52. The van der Waals surface area contributed by atoms with Gasteiger partial charge in [0.15, 0.2) is 0 Å². The van der Waals surface area contributed by atoms with Crippen molar-refractivity contribution in [2.24, 2.45) is 22.4 Å². The van der Waals surface area contributed by atoms with Gasteiger partial charge < -0.3 is 0 Å². The van der Waals surface area contributed by atoms with Crippen LogP contribution in [0.25, 0.3) is 0 Å². The number of nitriles is 1. The number of carbonyl (C=O) groups is 1. The van der Waals surface area contributed by atoms with Gasteiger partial charge in [0, 0.05) is 37.5 Å². The van der Waals surface area contributed by atoms with Crippen molar-refractivity contribution in [1.82, 2.24) is 19.8 Å². The smallest absolute Gasteiger partial charge is 0.246 e. The molecule has 0 saturated heterocycles. The number of rotatable bonds is 4. The molecule has 1 amide bonds. The van der Waals surface area contributed by atoms with E-state index in [-0.39, 0.29) is 23.3 Å². The van der Waals surface area contributed by atoms with Gasteiger partial charge in [-0.3, -0.25) is 14.5 Å². The standard InChI is InChI=1S/C21H22N6O/c1-14-2-3-18(23-10-14)19-4-5-24-27(19)20(28)17-8-21(6-16(17)7-21)13-26-12-15(9-22)11-25-26/h2-3,5,10-12,16-17,19H,4,6-8,13H2,1H3/t16?,17-,19?,21?/m0/s1. The summed E-state index contributed by atoms with van der Waals surface area (Å²) < 4.78 is 1.86. The minimum Gasteiger partial charge on any atom is -0.273 e. The Kier molecular flexibility index (Phi) is 3.83. The van der Waals surface area contributed by atoms with E-state index in [4.69, 9.17) is 5.26 Å². The Hall–Kier alpha value is -3.01. The van der Waals surface area contributed by atoms with Gasteiger partial charge in [-0.05, 0) is 49.1 Å². The van der Waals surface area contributed by atoms with Gasteiger partial charge in [-0.2, -0.15) is 15.5 Å². The van der Waals surface area contributed by atoms with Crippen molar-refractivity contribution in [2.45, 2.75) is 45.2 Å². The first-order valence-corrected chi connectivity index (χ1v) is 9.78. The molecule has 3 saturated carbocycles. The summed E-state index contributed by atoms with van der Waals surface area (Å²) in [6.45, 7) is 2.79. The summed E-state index contributed by atoms with van der Waals surface area (Å²) >= 11 is 0. The summed E-state index contributed by atoms with van der Waals surface area (Å²) in [5.74, 6) is 0.582. The molecule has 3 heterocycles. The van der Waals surface area contributed by atoms with Gasteiger partial charge in [-0.15, -0.1) is 0 Å². The minimum absolute atomic E-state index is 0.0224. The topological polar surface area (TPSA) is 87.2 Å². The third-order valence-electron chi connectivity index (χ3n) is 6.52. The molecule has 0 radical (unpaired) electrons. The quantitative estimate of drug-likeness (QED) is 0.823. The van der Waals surface area contributed by atoms with Crippen LogP contribution in [0.4, 0.5) is 0 Å². The number of carbonyl (C=O) groups excluding carboxylic acids is 1. The van der Waals surface area contributed by atoms with Crippen molar-refractivity contribution < 1.29 is 4.79 Å². The van der Waals surface area contributed by atoms with E-state index in [1.165, 1.54) is 0 Å². The second kappa shape index (κ2) is 6.26. The average Bonchev–Trinajstić information content (AvgIpc) is 3.44. The predicted octanol–water partition coefficient (Wildman–Crippen LogP) is 2.83. The fourth-order valence-corrected chi connectivity index (χ4v) is 5.19. The zero-order valence-electron chi connectivity index (χ0n) is 15.8. The Morgan fingerprint density at radius 3 is 2.89 bits per heavy atom. The molecule has 0 aromatic carbocycles. The van der Waals surface area contributed by atoms with Gasteiger partial charge in [-0.25, -0.2) is 5.01 Å². The average molecular weight is 374 g/mol. The van der Waals surface area contributed by atoms with Gasteiger partial charge in [0.05, 0.1) is 17.5 Å². The second-order valence-electron chi connectivity index (χ2n) is 8.51. The van der Waals surface area contributed by atoms with Gasteiger partial charge >= 0.3 is 0 Å². The number of nitrogens with zero attached hydrogens (tertiary/aromatic N) is 6. The molecule has 28 heavy (non-hydrogen) atoms. The summed E-state index contributed by atoms with van der Waals surface area (Å²) in [6.07, 6.45) is 10.8. The molecule has 2 aromatic heterocycles. The SMILES string of the molecule is Cc1ccc(C2CC=NN2C(=O)[C@H]2CC3(Cn4cc(C#N)cn4)CC2C3)nc1. The van der Waals surface area contributed by atoms with Crippen LogP contribution in [0.15, 0.2) is 35.8 Å². The molecule has 6 rings (SSSR count). The zero-order chi connectivity index (χ0) is 19.3. The highest BCUT2D eigenvalue weighted by Crippen LogP contribution is 2.63. The largest absolute Gasteiger partial charge is 0.273 e. The summed E-state index contributed by atoms with van der Waals surface area (Å²) in [5, 5.41) is 19.3. The summed E-state index contributed by atoms with van der Waals surface area (Å²) in [4.78, 5) is 17.8. The zero-order valence-corrected chi connectivity index (χ0v) is 15.8. The van der Waals surface area contributed by atoms with Gasteiger partial charge in [0.1, 0.15) is 12.1 Å². The van der Waals surface area contributed by atoms with Gasteiger partial charge in [-0.1, -0.05) is 6.07 Å². The number of fused-ring (bicyclic) bond motifs is 1. The maximum absolute atomic E-state index is 13.3. The van der Waals surface area contributed by atoms with E-state index in [1.807, 2.05) is 36.1 Å². The minimum atomic E-state index is -0.0915. The first-order valence-electron chi connectivity index (χ1n) is 9.78. The van der Waals surface area contributed by atoms with Crippen LogP contribution in [0.1, 0.15) is 48.5 Å². The Bertz CT molecular complexity index is 979. The molecule has 3 aliphatic carbocycles. The lowest BCUT2D eigenvalue weighted by Crippen LogP contribution is -2.35. The van der Waals surface area contributed by atoms with Crippen molar-refractivity contribution in [3.05, 3.63) is 47.5 Å². The van der Waals surface area contributed by atoms with Crippen LogP contribution in [0.3, 0.4) is 0 Å². The third kappa shape index (κ3) is 2.71. The molecule has 1 aliphatic heterocycles. The van der Waals surface area contributed by atoms with Crippen molar-refractivity contribution in [3.63, 3.8) is 0 Å².